The third-order valence-electron chi connectivity index (χ3n) is 3.07. The summed E-state index contributed by atoms with van der Waals surface area (Å²) < 4.78 is 5.03. The van der Waals surface area contributed by atoms with Gasteiger partial charge in [-0.25, -0.2) is 4.79 Å². The lowest BCUT2D eigenvalue weighted by Crippen LogP contribution is -2.37. The van der Waals surface area contributed by atoms with Crippen LogP contribution in [-0.2, 0) is 0 Å². The Morgan fingerprint density at radius 3 is 2.46 bits per heavy atom. The molecular formula is C16H16ClN3O3S. The maximum absolute atomic E-state index is 11.9. The highest BCUT2D eigenvalue weighted by Gasteiger charge is 2.09. The number of carbonyl (C=O) groups excluding carboxylic acids is 2. The fourth-order valence-electron chi connectivity index (χ4n) is 1.83. The Balaban J connectivity index is 1.80. The number of aryl methyl sites for hydroxylation is 1. The van der Waals surface area contributed by atoms with Gasteiger partial charge in [-0.2, -0.15) is 4.83 Å². The highest BCUT2D eigenvalue weighted by atomic mass is 35.5. The van der Waals surface area contributed by atoms with E-state index in [9.17, 15) is 9.59 Å². The number of anilines is 1. The van der Waals surface area contributed by atoms with Gasteiger partial charge in [0.2, 0.25) is 5.12 Å². The zero-order valence-corrected chi connectivity index (χ0v) is 14.6. The molecule has 6 nitrogen and oxygen atoms in total. The van der Waals surface area contributed by atoms with Gasteiger partial charge in [-0.05, 0) is 55.0 Å². The van der Waals surface area contributed by atoms with Crippen LogP contribution in [-0.4, -0.2) is 18.3 Å². The second kappa shape index (κ2) is 8.58. The van der Waals surface area contributed by atoms with E-state index in [-0.39, 0.29) is 5.12 Å². The number of urea groups is 1. The number of nitrogens with one attached hydrogen (secondary N) is 3. The molecule has 0 saturated carbocycles. The molecule has 0 unspecified atom stereocenters. The van der Waals surface area contributed by atoms with Crippen LogP contribution in [0.2, 0.25) is 5.02 Å². The molecular weight excluding hydrogens is 350 g/mol. The molecule has 2 rings (SSSR count). The van der Waals surface area contributed by atoms with Crippen molar-refractivity contribution in [1.29, 1.82) is 0 Å². The van der Waals surface area contributed by atoms with Crippen LogP contribution in [0, 0.1) is 6.92 Å². The summed E-state index contributed by atoms with van der Waals surface area (Å²) in [6.45, 7) is 1.83. The monoisotopic (exact) mass is 365 g/mol. The van der Waals surface area contributed by atoms with E-state index in [2.05, 4.69) is 15.6 Å². The molecule has 2 amide bonds. The second-order valence-electron chi connectivity index (χ2n) is 4.76. The highest BCUT2D eigenvalue weighted by Crippen LogP contribution is 2.19. The Labute approximate surface area is 149 Å². The molecule has 0 bridgehead atoms. The first-order chi connectivity index (χ1) is 11.5. The molecule has 2 aromatic carbocycles. The summed E-state index contributed by atoms with van der Waals surface area (Å²) in [5.41, 5.74) is 4.33. The predicted molar refractivity (Wildman–Crippen MR) is 96.4 cm³/mol. The Morgan fingerprint density at radius 1 is 1.12 bits per heavy atom. The van der Waals surface area contributed by atoms with Gasteiger partial charge in [0.15, 0.2) is 0 Å². The van der Waals surface area contributed by atoms with E-state index in [1.54, 1.807) is 49.6 Å². The number of hydrogen-bond acceptors (Lipinski definition) is 5. The molecule has 0 fully saturated rings. The van der Waals surface area contributed by atoms with Gasteiger partial charge in [0.05, 0.1) is 7.11 Å². The number of methoxy groups -OCH3 is 1. The summed E-state index contributed by atoms with van der Waals surface area (Å²) >= 11 is 6.63. The number of hydrogen-bond donors (Lipinski definition) is 3. The van der Waals surface area contributed by atoms with Crippen molar-refractivity contribution in [3.8, 4) is 5.75 Å². The first-order valence-electron chi connectivity index (χ1n) is 6.93. The first-order valence-corrected chi connectivity index (χ1v) is 8.12. The number of ether oxygens (including phenoxy) is 1. The van der Waals surface area contributed by atoms with Gasteiger partial charge in [0, 0.05) is 28.2 Å². The van der Waals surface area contributed by atoms with E-state index < -0.39 is 6.03 Å². The van der Waals surface area contributed by atoms with Crippen molar-refractivity contribution in [3.63, 3.8) is 0 Å². The lowest BCUT2D eigenvalue weighted by Gasteiger charge is -2.10. The fraction of sp³-hybridized carbons (Fsp3) is 0.125. The number of hydrazine groups is 1. The quantitative estimate of drug-likeness (QED) is 0.555. The van der Waals surface area contributed by atoms with Crippen LogP contribution in [0.1, 0.15) is 15.9 Å². The Hall–Kier alpha value is -2.22. The summed E-state index contributed by atoms with van der Waals surface area (Å²) in [7, 11) is 1.55. The summed E-state index contributed by atoms with van der Waals surface area (Å²) in [5.74, 6) is 0.667. The topological polar surface area (TPSA) is 79.5 Å². The van der Waals surface area contributed by atoms with Gasteiger partial charge in [0.25, 0.3) is 0 Å². The molecule has 8 heteroatoms. The Bertz CT molecular complexity index is 738. The van der Waals surface area contributed by atoms with Crippen molar-refractivity contribution in [3.05, 3.63) is 58.6 Å². The molecule has 0 aliphatic rings. The van der Waals surface area contributed by atoms with E-state index in [0.29, 0.717) is 22.0 Å². The standard InChI is InChI=1S/C16H16ClN3O3S/c1-10-9-12(17)5-8-14(10)18-16(22)19-20-24-15(21)11-3-6-13(23-2)7-4-11/h3-9,20H,1-2H3,(H2,18,19,22). The lowest BCUT2D eigenvalue weighted by atomic mass is 10.2. The van der Waals surface area contributed by atoms with Crippen LogP contribution in [0.4, 0.5) is 10.5 Å². The smallest absolute Gasteiger partial charge is 0.334 e. The van der Waals surface area contributed by atoms with Gasteiger partial charge < -0.3 is 10.1 Å². The van der Waals surface area contributed by atoms with Crippen LogP contribution in [0.3, 0.4) is 0 Å². The van der Waals surface area contributed by atoms with Crippen LogP contribution in [0.25, 0.3) is 0 Å². The molecule has 3 N–H and O–H groups in total. The molecule has 0 spiro atoms. The van der Waals surface area contributed by atoms with E-state index in [1.165, 1.54) is 0 Å². The van der Waals surface area contributed by atoms with Crippen LogP contribution in [0.5, 0.6) is 5.75 Å². The minimum atomic E-state index is -0.490. The highest BCUT2D eigenvalue weighted by molar-refractivity contribution is 8.12. The Kier molecular flexibility index (Phi) is 6.48. The number of rotatable bonds is 5. The number of carbonyl (C=O) groups is 2. The molecule has 0 aromatic heterocycles. The number of benzene rings is 2. The molecule has 0 saturated heterocycles. The third-order valence-corrected chi connectivity index (χ3v) is 3.93. The van der Waals surface area contributed by atoms with Gasteiger partial charge in [-0.15, -0.1) is 0 Å². The second-order valence-corrected chi connectivity index (χ2v) is 5.97. The zero-order chi connectivity index (χ0) is 17.5. The molecule has 0 aliphatic carbocycles. The molecule has 24 heavy (non-hydrogen) atoms. The van der Waals surface area contributed by atoms with E-state index in [1.807, 2.05) is 6.92 Å². The van der Waals surface area contributed by atoms with Gasteiger partial charge in [-0.3, -0.25) is 10.2 Å². The first kappa shape index (κ1) is 18.1. The van der Waals surface area contributed by atoms with E-state index >= 15 is 0 Å². The largest absolute Gasteiger partial charge is 0.497 e. The van der Waals surface area contributed by atoms with E-state index in [0.717, 1.165) is 17.5 Å². The van der Waals surface area contributed by atoms with Crippen molar-refractivity contribution in [2.45, 2.75) is 6.92 Å². The average molecular weight is 366 g/mol. The molecule has 0 aliphatic heterocycles. The van der Waals surface area contributed by atoms with Gasteiger partial charge >= 0.3 is 6.03 Å². The van der Waals surface area contributed by atoms with Gasteiger partial charge in [-0.1, -0.05) is 11.6 Å². The summed E-state index contributed by atoms with van der Waals surface area (Å²) in [4.78, 5) is 26.3. The molecule has 0 heterocycles. The molecule has 0 atom stereocenters. The Morgan fingerprint density at radius 2 is 1.83 bits per heavy atom. The van der Waals surface area contributed by atoms with Crippen molar-refractivity contribution in [1.82, 2.24) is 10.3 Å². The minimum Gasteiger partial charge on any atom is -0.497 e. The van der Waals surface area contributed by atoms with Crippen molar-refractivity contribution in [2.24, 2.45) is 0 Å². The maximum atomic E-state index is 11.9. The summed E-state index contributed by atoms with van der Waals surface area (Å²) in [5, 5.41) is 3.01. The summed E-state index contributed by atoms with van der Waals surface area (Å²) in [6, 6.07) is 11.3. The third kappa shape index (κ3) is 5.16. The molecule has 2 aromatic rings. The average Bonchev–Trinajstić information content (AvgIpc) is 2.57. The van der Waals surface area contributed by atoms with Crippen LogP contribution >= 0.6 is 23.5 Å². The van der Waals surface area contributed by atoms with Crippen molar-refractivity contribution in [2.75, 3.05) is 12.4 Å². The molecule has 126 valence electrons. The number of amides is 2. The van der Waals surface area contributed by atoms with Crippen molar-refractivity contribution < 1.29 is 14.3 Å². The lowest BCUT2D eigenvalue weighted by molar-refractivity contribution is 0.108. The number of halogens is 1. The zero-order valence-electron chi connectivity index (χ0n) is 13.1. The van der Waals surface area contributed by atoms with Gasteiger partial charge in [0.1, 0.15) is 5.75 Å². The van der Waals surface area contributed by atoms with E-state index in [4.69, 9.17) is 16.3 Å². The van der Waals surface area contributed by atoms with Crippen LogP contribution < -0.4 is 20.3 Å². The SMILES string of the molecule is COc1ccc(C(=O)SNNC(=O)Nc2ccc(Cl)cc2C)cc1. The normalized spacial score (nSPS) is 10.1. The predicted octanol–water partition coefficient (Wildman–Crippen LogP) is 3.77. The minimum absolute atomic E-state index is 0.236. The summed E-state index contributed by atoms with van der Waals surface area (Å²) in [6.07, 6.45) is 0. The van der Waals surface area contributed by atoms with Crippen molar-refractivity contribution >= 4 is 40.4 Å². The van der Waals surface area contributed by atoms with Crippen LogP contribution in [0.15, 0.2) is 42.5 Å². The fourth-order valence-corrected chi connectivity index (χ4v) is 2.54. The molecule has 0 radical (unpaired) electrons. The maximum Gasteiger partial charge on any atom is 0.334 e.